The van der Waals surface area contributed by atoms with E-state index in [1.165, 1.54) is 4.68 Å². The molecule has 0 radical (unpaired) electrons. The molecule has 1 fully saturated rings. The largest absolute Gasteiger partial charge is 0.349 e. The monoisotopic (exact) mass is 344 g/mol. The molecule has 10 heteroatoms. The summed E-state index contributed by atoms with van der Waals surface area (Å²) >= 11 is 0. The zero-order valence-corrected chi connectivity index (χ0v) is 13.9. The van der Waals surface area contributed by atoms with Crippen LogP contribution in [-0.2, 0) is 22.7 Å². The molecular weight excluding hydrogens is 324 g/mol. The first-order valence-corrected chi connectivity index (χ1v) is 8.05. The predicted octanol–water partition coefficient (Wildman–Crippen LogP) is -1.51. The highest BCUT2D eigenvalue weighted by Gasteiger charge is 2.32. The van der Waals surface area contributed by atoms with Crippen LogP contribution in [0.5, 0.6) is 0 Å². The molecule has 0 bridgehead atoms. The van der Waals surface area contributed by atoms with Crippen molar-refractivity contribution in [3.8, 4) is 0 Å². The molecular formula is C15H20N8O2. The summed E-state index contributed by atoms with van der Waals surface area (Å²) in [6.07, 6.45) is 1.67. The number of amides is 2. The summed E-state index contributed by atoms with van der Waals surface area (Å²) in [4.78, 5) is 30.9. The van der Waals surface area contributed by atoms with Crippen molar-refractivity contribution in [1.29, 1.82) is 0 Å². The number of aromatic nitrogens is 5. The molecule has 2 aromatic heterocycles. The third-order valence-electron chi connectivity index (χ3n) is 4.03. The molecule has 0 saturated carbocycles. The van der Waals surface area contributed by atoms with Gasteiger partial charge in [-0.05, 0) is 29.5 Å². The molecule has 3 heterocycles. The SMILES string of the molecule is Cc1nnnn1CC(=O)N1CCNC[C@@H]1C(=O)NCc1ccccn1. The summed E-state index contributed by atoms with van der Waals surface area (Å²) in [5.41, 5.74) is 0.766. The number of tetrazole rings is 1. The lowest BCUT2D eigenvalue weighted by Crippen LogP contribution is -2.60. The highest BCUT2D eigenvalue weighted by atomic mass is 16.2. The normalized spacial score (nSPS) is 17.3. The highest BCUT2D eigenvalue weighted by Crippen LogP contribution is 2.06. The maximum atomic E-state index is 12.6. The van der Waals surface area contributed by atoms with E-state index in [1.54, 1.807) is 18.0 Å². The minimum absolute atomic E-state index is 0.0167. The molecule has 0 unspecified atom stereocenters. The van der Waals surface area contributed by atoms with Gasteiger partial charge in [0.1, 0.15) is 18.4 Å². The van der Waals surface area contributed by atoms with Crippen LogP contribution in [0, 0.1) is 6.92 Å². The third kappa shape index (κ3) is 4.15. The number of piperazine rings is 1. The van der Waals surface area contributed by atoms with Gasteiger partial charge in [0, 0.05) is 25.8 Å². The Hall–Kier alpha value is -2.88. The van der Waals surface area contributed by atoms with E-state index < -0.39 is 6.04 Å². The Morgan fingerprint density at radius 1 is 1.40 bits per heavy atom. The minimum atomic E-state index is -0.568. The number of aryl methyl sites for hydroxylation is 1. The smallest absolute Gasteiger partial charge is 0.245 e. The summed E-state index contributed by atoms with van der Waals surface area (Å²) in [6.45, 7) is 3.58. The molecule has 10 nitrogen and oxygen atoms in total. The van der Waals surface area contributed by atoms with Crippen LogP contribution in [0.15, 0.2) is 24.4 Å². The number of carbonyl (C=O) groups is 2. The van der Waals surface area contributed by atoms with Crippen LogP contribution in [-0.4, -0.2) is 67.6 Å². The molecule has 25 heavy (non-hydrogen) atoms. The van der Waals surface area contributed by atoms with Crippen LogP contribution in [0.1, 0.15) is 11.5 Å². The van der Waals surface area contributed by atoms with E-state index in [2.05, 4.69) is 31.1 Å². The van der Waals surface area contributed by atoms with Crippen molar-refractivity contribution in [3.05, 3.63) is 35.9 Å². The predicted molar refractivity (Wildman–Crippen MR) is 87.0 cm³/mol. The molecule has 1 atom stereocenters. The number of nitrogens with zero attached hydrogens (tertiary/aromatic N) is 6. The van der Waals surface area contributed by atoms with Gasteiger partial charge in [-0.2, -0.15) is 0 Å². The van der Waals surface area contributed by atoms with Crippen LogP contribution in [0.4, 0.5) is 0 Å². The second-order valence-corrected chi connectivity index (χ2v) is 5.73. The van der Waals surface area contributed by atoms with Crippen molar-refractivity contribution >= 4 is 11.8 Å². The summed E-state index contributed by atoms with van der Waals surface area (Å²) in [7, 11) is 0. The van der Waals surface area contributed by atoms with Gasteiger partial charge >= 0.3 is 0 Å². The Bertz CT molecular complexity index is 732. The Morgan fingerprint density at radius 3 is 3.00 bits per heavy atom. The van der Waals surface area contributed by atoms with Gasteiger partial charge < -0.3 is 15.5 Å². The van der Waals surface area contributed by atoms with E-state index in [9.17, 15) is 9.59 Å². The number of hydrogen-bond donors (Lipinski definition) is 2. The fourth-order valence-corrected chi connectivity index (χ4v) is 2.65. The molecule has 0 aliphatic carbocycles. The molecule has 0 spiro atoms. The zero-order chi connectivity index (χ0) is 17.6. The number of rotatable bonds is 5. The fraction of sp³-hybridized carbons (Fsp3) is 0.467. The van der Waals surface area contributed by atoms with E-state index in [1.807, 2.05) is 18.2 Å². The van der Waals surface area contributed by atoms with E-state index in [4.69, 9.17) is 0 Å². The zero-order valence-electron chi connectivity index (χ0n) is 13.9. The minimum Gasteiger partial charge on any atom is -0.349 e. The van der Waals surface area contributed by atoms with Gasteiger partial charge in [0.15, 0.2) is 0 Å². The third-order valence-corrected chi connectivity index (χ3v) is 4.03. The summed E-state index contributed by atoms with van der Waals surface area (Å²) in [6, 6.07) is 4.95. The van der Waals surface area contributed by atoms with Crippen LogP contribution in [0.25, 0.3) is 0 Å². The van der Waals surface area contributed by atoms with Crippen molar-refractivity contribution in [3.63, 3.8) is 0 Å². The first kappa shape index (κ1) is 17.0. The average molecular weight is 344 g/mol. The Kier molecular flexibility index (Phi) is 5.29. The van der Waals surface area contributed by atoms with Crippen LogP contribution in [0.2, 0.25) is 0 Å². The molecule has 2 N–H and O–H groups in total. The van der Waals surface area contributed by atoms with Crippen LogP contribution >= 0.6 is 0 Å². The number of pyridine rings is 1. The fourth-order valence-electron chi connectivity index (χ4n) is 2.65. The first-order valence-electron chi connectivity index (χ1n) is 8.05. The van der Waals surface area contributed by atoms with Gasteiger partial charge in [0.25, 0.3) is 0 Å². The van der Waals surface area contributed by atoms with E-state index in [0.717, 1.165) is 5.69 Å². The second-order valence-electron chi connectivity index (χ2n) is 5.73. The maximum absolute atomic E-state index is 12.6. The van der Waals surface area contributed by atoms with Gasteiger partial charge in [-0.15, -0.1) is 5.10 Å². The molecule has 3 rings (SSSR count). The Labute approximate surface area is 144 Å². The van der Waals surface area contributed by atoms with Crippen molar-refractivity contribution in [1.82, 2.24) is 40.7 Å². The summed E-state index contributed by atoms with van der Waals surface area (Å²) in [5, 5.41) is 17.1. The highest BCUT2D eigenvalue weighted by molar-refractivity contribution is 5.88. The van der Waals surface area contributed by atoms with E-state index in [-0.39, 0.29) is 18.4 Å². The van der Waals surface area contributed by atoms with Crippen molar-refractivity contribution in [2.75, 3.05) is 19.6 Å². The van der Waals surface area contributed by atoms with Crippen molar-refractivity contribution < 1.29 is 9.59 Å². The topological polar surface area (TPSA) is 118 Å². The lowest BCUT2D eigenvalue weighted by molar-refractivity contribution is -0.142. The van der Waals surface area contributed by atoms with Crippen molar-refractivity contribution in [2.45, 2.75) is 26.1 Å². The molecule has 2 amide bonds. The maximum Gasteiger partial charge on any atom is 0.245 e. The van der Waals surface area contributed by atoms with Gasteiger partial charge in [0.05, 0.1) is 12.2 Å². The quantitative estimate of drug-likeness (QED) is 0.677. The summed E-state index contributed by atoms with van der Waals surface area (Å²) < 4.78 is 1.42. The molecule has 1 saturated heterocycles. The molecule has 1 aliphatic rings. The van der Waals surface area contributed by atoms with Crippen LogP contribution < -0.4 is 10.6 Å². The lowest BCUT2D eigenvalue weighted by Gasteiger charge is -2.35. The number of nitrogens with one attached hydrogen (secondary N) is 2. The van der Waals surface area contributed by atoms with Gasteiger partial charge in [0.2, 0.25) is 11.8 Å². The van der Waals surface area contributed by atoms with Gasteiger partial charge in [-0.3, -0.25) is 14.6 Å². The van der Waals surface area contributed by atoms with Crippen molar-refractivity contribution in [2.24, 2.45) is 0 Å². The number of hydrogen-bond acceptors (Lipinski definition) is 7. The molecule has 132 valence electrons. The molecule has 2 aromatic rings. The number of carbonyl (C=O) groups excluding carboxylic acids is 2. The molecule has 1 aliphatic heterocycles. The van der Waals surface area contributed by atoms with E-state index in [0.29, 0.717) is 32.0 Å². The van der Waals surface area contributed by atoms with Crippen LogP contribution in [0.3, 0.4) is 0 Å². The first-order chi connectivity index (χ1) is 12.1. The van der Waals surface area contributed by atoms with Gasteiger partial charge in [-0.25, -0.2) is 4.68 Å². The lowest BCUT2D eigenvalue weighted by atomic mass is 10.1. The standard InChI is InChI=1S/C15H20N8O2/c1-11-19-20-21-23(11)10-14(24)22-7-6-16-9-13(22)15(25)18-8-12-4-2-3-5-17-12/h2-5,13,16H,6-10H2,1H3,(H,18,25)/t13-/m1/s1. The summed E-state index contributed by atoms with van der Waals surface area (Å²) in [5.74, 6) is 0.161. The van der Waals surface area contributed by atoms with Gasteiger partial charge in [-0.1, -0.05) is 6.07 Å². The van der Waals surface area contributed by atoms with E-state index >= 15 is 0 Å². The Morgan fingerprint density at radius 2 is 2.28 bits per heavy atom. The second kappa shape index (κ2) is 7.79. The Balaban J connectivity index is 1.62. The molecule has 0 aromatic carbocycles. The average Bonchev–Trinajstić information content (AvgIpc) is 3.05.